The molecule has 0 fully saturated rings. The molecule has 5 heteroatoms. The van der Waals surface area contributed by atoms with Crippen molar-refractivity contribution in [3.05, 3.63) is 57.1 Å². The number of benzene rings is 2. The Morgan fingerprint density at radius 1 is 1.19 bits per heavy atom. The Kier molecular flexibility index (Phi) is 4.48. The van der Waals surface area contributed by atoms with Crippen LogP contribution in [0.15, 0.2) is 30.3 Å². The maximum atomic E-state index is 6.14. The van der Waals surface area contributed by atoms with Crippen molar-refractivity contribution in [3.8, 4) is 11.5 Å². The van der Waals surface area contributed by atoms with E-state index in [4.69, 9.17) is 44.3 Å². The molecule has 21 heavy (non-hydrogen) atoms. The monoisotopic (exact) mass is 342 g/mol. The molecule has 0 aliphatic carbocycles. The Morgan fingerprint density at radius 3 is 2.86 bits per heavy atom. The van der Waals surface area contributed by atoms with Crippen molar-refractivity contribution in [2.24, 2.45) is 0 Å². The number of alkyl halides is 1. The van der Waals surface area contributed by atoms with Crippen LogP contribution < -0.4 is 9.47 Å². The van der Waals surface area contributed by atoms with Gasteiger partial charge in [-0.1, -0.05) is 29.3 Å². The zero-order valence-electron chi connectivity index (χ0n) is 11.2. The molecule has 3 rings (SSSR count). The fraction of sp³-hybridized carbons (Fsp3) is 0.250. The first-order chi connectivity index (χ1) is 10.2. The molecule has 0 N–H and O–H groups in total. The van der Waals surface area contributed by atoms with Crippen LogP contribution in [0.4, 0.5) is 0 Å². The van der Waals surface area contributed by atoms with Gasteiger partial charge in [0, 0.05) is 27.6 Å². The predicted molar refractivity (Wildman–Crippen MR) is 86.0 cm³/mol. The van der Waals surface area contributed by atoms with Gasteiger partial charge in [-0.05, 0) is 29.8 Å². The summed E-state index contributed by atoms with van der Waals surface area (Å²) >= 11 is 18.2. The zero-order valence-corrected chi connectivity index (χ0v) is 13.4. The highest BCUT2D eigenvalue weighted by molar-refractivity contribution is 6.32. The lowest BCUT2D eigenvalue weighted by Gasteiger charge is -2.13. The van der Waals surface area contributed by atoms with Crippen molar-refractivity contribution < 1.29 is 9.47 Å². The van der Waals surface area contributed by atoms with E-state index in [0.717, 1.165) is 28.9 Å². The average Bonchev–Trinajstić information content (AvgIpc) is 2.93. The van der Waals surface area contributed by atoms with Crippen LogP contribution in [0, 0.1) is 0 Å². The molecule has 0 amide bonds. The van der Waals surface area contributed by atoms with Crippen molar-refractivity contribution in [2.45, 2.75) is 18.9 Å². The molecule has 110 valence electrons. The molecule has 1 aliphatic heterocycles. The van der Waals surface area contributed by atoms with Crippen molar-refractivity contribution >= 4 is 34.8 Å². The van der Waals surface area contributed by atoms with Crippen molar-refractivity contribution in [1.29, 1.82) is 0 Å². The maximum Gasteiger partial charge on any atom is 0.129 e. The number of fused-ring (bicyclic) bond motifs is 1. The van der Waals surface area contributed by atoms with Crippen LogP contribution in [0.1, 0.15) is 16.7 Å². The van der Waals surface area contributed by atoms with E-state index in [1.807, 2.05) is 24.3 Å². The van der Waals surface area contributed by atoms with Gasteiger partial charge in [-0.15, -0.1) is 11.6 Å². The van der Waals surface area contributed by atoms with Gasteiger partial charge in [-0.3, -0.25) is 0 Å². The van der Waals surface area contributed by atoms with E-state index < -0.39 is 0 Å². The number of hydrogen-bond donors (Lipinski definition) is 0. The molecule has 0 unspecified atom stereocenters. The number of ether oxygens (including phenoxy) is 2. The van der Waals surface area contributed by atoms with Gasteiger partial charge in [0.2, 0.25) is 0 Å². The first-order valence-electron chi connectivity index (χ1n) is 6.59. The molecule has 0 atom stereocenters. The summed E-state index contributed by atoms with van der Waals surface area (Å²) in [4.78, 5) is 0. The Morgan fingerprint density at radius 2 is 2.05 bits per heavy atom. The molecule has 0 bridgehead atoms. The van der Waals surface area contributed by atoms with Crippen molar-refractivity contribution in [1.82, 2.24) is 0 Å². The molecule has 2 nitrogen and oxygen atoms in total. The standard InChI is InChI=1S/C16H13Cl3O2/c17-8-13-14(19)2-1-3-15(13)21-9-11-7-12(18)6-10-4-5-20-16(10)11/h1-3,6-7H,4-5,8-9H2. The summed E-state index contributed by atoms with van der Waals surface area (Å²) in [5.74, 6) is 1.87. The SMILES string of the molecule is ClCc1c(Cl)cccc1OCc1cc(Cl)cc2c1OCC2. The highest BCUT2D eigenvalue weighted by Crippen LogP contribution is 2.34. The highest BCUT2D eigenvalue weighted by atomic mass is 35.5. The lowest BCUT2D eigenvalue weighted by Crippen LogP contribution is -2.00. The molecule has 0 aromatic heterocycles. The third-order valence-electron chi connectivity index (χ3n) is 3.42. The number of halogens is 3. The summed E-state index contributed by atoms with van der Waals surface area (Å²) in [7, 11) is 0. The van der Waals surface area contributed by atoms with Crippen LogP contribution in [0.25, 0.3) is 0 Å². The Bertz CT molecular complexity index is 671. The molecule has 0 radical (unpaired) electrons. The Hall–Kier alpha value is -1.09. The summed E-state index contributed by atoms with van der Waals surface area (Å²) < 4.78 is 11.5. The van der Waals surface area contributed by atoms with Crippen LogP contribution in [-0.2, 0) is 18.9 Å². The van der Waals surface area contributed by atoms with Crippen molar-refractivity contribution in [3.63, 3.8) is 0 Å². The lowest BCUT2D eigenvalue weighted by atomic mass is 10.1. The molecule has 2 aromatic carbocycles. The van der Waals surface area contributed by atoms with E-state index in [0.29, 0.717) is 34.9 Å². The van der Waals surface area contributed by atoms with E-state index in [2.05, 4.69) is 0 Å². The number of rotatable bonds is 4. The van der Waals surface area contributed by atoms with Gasteiger partial charge in [-0.2, -0.15) is 0 Å². The van der Waals surface area contributed by atoms with Gasteiger partial charge in [0.15, 0.2) is 0 Å². The smallest absolute Gasteiger partial charge is 0.129 e. The molecular weight excluding hydrogens is 331 g/mol. The summed E-state index contributed by atoms with van der Waals surface area (Å²) in [6.45, 7) is 1.06. The van der Waals surface area contributed by atoms with Crippen LogP contribution in [0.3, 0.4) is 0 Å². The summed E-state index contributed by atoms with van der Waals surface area (Å²) in [5.41, 5.74) is 2.86. The normalized spacial score (nSPS) is 12.9. The molecule has 1 heterocycles. The maximum absolute atomic E-state index is 6.14. The average molecular weight is 344 g/mol. The van der Waals surface area contributed by atoms with Crippen LogP contribution in [0.2, 0.25) is 10.0 Å². The van der Waals surface area contributed by atoms with Gasteiger partial charge >= 0.3 is 0 Å². The second-order valence-electron chi connectivity index (χ2n) is 4.79. The van der Waals surface area contributed by atoms with E-state index in [1.165, 1.54) is 0 Å². The van der Waals surface area contributed by atoms with Crippen LogP contribution in [-0.4, -0.2) is 6.61 Å². The fourth-order valence-electron chi connectivity index (χ4n) is 2.41. The second-order valence-corrected chi connectivity index (χ2v) is 5.90. The summed E-state index contributed by atoms with van der Waals surface area (Å²) in [5, 5.41) is 1.30. The largest absolute Gasteiger partial charge is 0.493 e. The first kappa shape index (κ1) is 14.8. The van der Waals surface area contributed by atoms with Crippen LogP contribution in [0.5, 0.6) is 11.5 Å². The first-order valence-corrected chi connectivity index (χ1v) is 7.88. The molecule has 1 aliphatic rings. The fourth-order valence-corrected chi connectivity index (χ4v) is 3.25. The zero-order chi connectivity index (χ0) is 14.8. The van der Waals surface area contributed by atoms with Gasteiger partial charge in [0.05, 0.1) is 12.5 Å². The predicted octanol–water partition coefficient (Wildman–Crippen LogP) is 5.25. The van der Waals surface area contributed by atoms with E-state index in [1.54, 1.807) is 6.07 Å². The van der Waals surface area contributed by atoms with Crippen LogP contribution >= 0.6 is 34.8 Å². The quantitative estimate of drug-likeness (QED) is 0.706. The summed E-state index contributed by atoms with van der Waals surface area (Å²) in [6.07, 6.45) is 0.882. The highest BCUT2D eigenvalue weighted by Gasteiger charge is 2.18. The van der Waals surface area contributed by atoms with E-state index >= 15 is 0 Å². The third-order valence-corrected chi connectivity index (χ3v) is 4.26. The third kappa shape index (κ3) is 3.08. The minimum Gasteiger partial charge on any atom is -0.493 e. The minimum atomic E-state index is 0.305. The van der Waals surface area contributed by atoms with Gasteiger partial charge in [0.1, 0.15) is 18.1 Å². The van der Waals surface area contributed by atoms with E-state index in [-0.39, 0.29) is 0 Å². The molecule has 0 spiro atoms. The lowest BCUT2D eigenvalue weighted by molar-refractivity contribution is 0.290. The molecule has 2 aromatic rings. The van der Waals surface area contributed by atoms with Gasteiger partial charge in [-0.25, -0.2) is 0 Å². The minimum absolute atomic E-state index is 0.305. The molecular formula is C16H13Cl3O2. The van der Waals surface area contributed by atoms with Crippen molar-refractivity contribution in [2.75, 3.05) is 6.61 Å². The van der Waals surface area contributed by atoms with Gasteiger partial charge < -0.3 is 9.47 Å². The molecule has 0 saturated heterocycles. The summed E-state index contributed by atoms with van der Waals surface area (Å²) in [6, 6.07) is 9.31. The molecule has 0 saturated carbocycles. The topological polar surface area (TPSA) is 18.5 Å². The Labute approximate surface area is 138 Å². The Balaban J connectivity index is 1.85. The van der Waals surface area contributed by atoms with E-state index in [9.17, 15) is 0 Å². The number of hydrogen-bond acceptors (Lipinski definition) is 2. The van der Waals surface area contributed by atoms with Gasteiger partial charge in [0.25, 0.3) is 0 Å². The second kappa shape index (κ2) is 6.35.